The summed E-state index contributed by atoms with van der Waals surface area (Å²) in [6, 6.07) is 6.01. The van der Waals surface area contributed by atoms with Crippen molar-refractivity contribution in [1.82, 2.24) is 5.32 Å². The number of carbonyl (C=O) groups excluding carboxylic acids is 1. The highest BCUT2D eigenvalue weighted by molar-refractivity contribution is 5.95. The predicted molar refractivity (Wildman–Crippen MR) is 119 cm³/mol. The minimum Gasteiger partial charge on any atom is -0.352 e. The van der Waals surface area contributed by atoms with E-state index in [0.717, 1.165) is 24.1 Å². The van der Waals surface area contributed by atoms with E-state index in [1.165, 1.54) is 89.0 Å². The van der Waals surface area contributed by atoms with Crippen LogP contribution in [0, 0.1) is 13.8 Å². The van der Waals surface area contributed by atoms with Crippen LogP contribution in [0.3, 0.4) is 0 Å². The van der Waals surface area contributed by atoms with Crippen molar-refractivity contribution in [2.45, 2.75) is 111 Å². The fraction of sp³-hybridized carbons (Fsp3) is 0.720. The highest BCUT2D eigenvalue weighted by Crippen LogP contribution is 2.13. The van der Waals surface area contributed by atoms with Crippen LogP contribution in [0.25, 0.3) is 0 Å². The van der Waals surface area contributed by atoms with Gasteiger partial charge in [-0.3, -0.25) is 4.79 Å². The number of rotatable bonds is 16. The Labute approximate surface area is 168 Å². The lowest BCUT2D eigenvalue weighted by Gasteiger charge is -2.08. The van der Waals surface area contributed by atoms with Gasteiger partial charge in [0.05, 0.1) is 0 Å². The molecule has 0 fully saturated rings. The van der Waals surface area contributed by atoms with Gasteiger partial charge in [-0.1, -0.05) is 108 Å². The average molecular weight is 374 g/mol. The lowest BCUT2D eigenvalue weighted by atomic mass is 10.0. The van der Waals surface area contributed by atoms with E-state index in [4.69, 9.17) is 0 Å². The van der Waals surface area contributed by atoms with Gasteiger partial charge >= 0.3 is 0 Å². The van der Waals surface area contributed by atoms with Crippen molar-refractivity contribution in [2.24, 2.45) is 0 Å². The Kier molecular flexibility index (Phi) is 13.8. The molecule has 0 aliphatic carbocycles. The fourth-order valence-corrected chi connectivity index (χ4v) is 3.69. The molecule has 0 aliphatic heterocycles. The van der Waals surface area contributed by atoms with Crippen LogP contribution in [-0.4, -0.2) is 12.5 Å². The minimum atomic E-state index is 0.0715. The smallest absolute Gasteiger partial charge is 0.251 e. The highest BCUT2D eigenvalue weighted by Gasteiger charge is 2.07. The molecule has 0 unspecified atom stereocenters. The van der Waals surface area contributed by atoms with Crippen LogP contribution >= 0.6 is 0 Å². The quantitative estimate of drug-likeness (QED) is 0.298. The van der Waals surface area contributed by atoms with Crippen LogP contribution < -0.4 is 5.32 Å². The molecule has 27 heavy (non-hydrogen) atoms. The molecule has 0 spiro atoms. The first-order valence-corrected chi connectivity index (χ1v) is 11.5. The number of aryl methyl sites for hydroxylation is 2. The summed E-state index contributed by atoms with van der Waals surface area (Å²) in [7, 11) is 0. The molecular formula is C25H43NO. The summed E-state index contributed by atoms with van der Waals surface area (Å²) in [5.41, 5.74) is 3.08. The molecule has 1 N–H and O–H groups in total. The standard InChI is InChI=1S/C25H43NO/c1-4-5-6-7-8-9-10-11-12-13-14-15-16-17-20-26-25(27)24-19-18-22(2)21-23(24)3/h18-19,21H,4-17,20H2,1-3H3,(H,26,27). The maximum Gasteiger partial charge on any atom is 0.251 e. The van der Waals surface area contributed by atoms with E-state index < -0.39 is 0 Å². The molecule has 1 rings (SSSR count). The Balaban J connectivity index is 1.88. The first kappa shape index (κ1) is 23.7. The molecule has 0 saturated heterocycles. The van der Waals surface area contributed by atoms with Crippen molar-refractivity contribution in [3.05, 3.63) is 34.9 Å². The SMILES string of the molecule is CCCCCCCCCCCCCCCCNC(=O)c1ccc(C)cc1C. The Morgan fingerprint density at radius 1 is 0.741 bits per heavy atom. The van der Waals surface area contributed by atoms with Gasteiger partial charge in [0.25, 0.3) is 5.91 Å². The van der Waals surface area contributed by atoms with Gasteiger partial charge < -0.3 is 5.32 Å². The molecule has 0 radical (unpaired) electrons. The summed E-state index contributed by atoms with van der Waals surface area (Å²) in [6.07, 6.45) is 19.1. The minimum absolute atomic E-state index is 0.0715. The van der Waals surface area contributed by atoms with E-state index in [1.807, 2.05) is 19.1 Å². The zero-order valence-electron chi connectivity index (χ0n) is 18.2. The van der Waals surface area contributed by atoms with Gasteiger partial charge in [0, 0.05) is 12.1 Å². The van der Waals surface area contributed by atoms with Gasteiger partial charge in [-0.2, -0.15) is 0 Å². The Morgan fingerprint density at radius 2 is 1.22 bits per heavy atom. The molecule has 0 saturated carbocycles. The Bertz CT molecular complexity index is 509. The molecule has 1 aromatic rings. The van der Waals surface area contributed by atoms with E-state index in [2.05, 4.69) is 25.2 Å². The van der Waals surface area contributed by atoms with Gasteiger partial charge in [-0.25, -0.2) is 0 Å². The number of hydrogen-bond donors (Lipinski definition) is 1. The second kappa shape index (κ2) is 15.7. The molecule has 1 amide bonds. The summed E-state index contributed by atoms with van der Waals surface area (Å²) < 4.78 is 0. The van der Waals surface area contributed by atoms with Crippen molar-refractivity contribution in [3.8, 4) is 0 Å². The monoisotopic (exact) mass is 373 g/mol. The zero-order valence-corrected chi connectivity index (χ0v) is 18.2. The first-order valence-electron chi connectivity index (χ1n) is 11.5. The van der Waals surface area contributed by atoms with Crippen LogP contribution in [-0.2, 0) is 0 Å². The number of nitrogens with one attached hydrogen (secondary N) is 1. The van der Waals surface area contributed by atoms with Crippen molar-refractivity contribution >= 4 is 5.91 Å². The second-order valence-electron chi connectivity index (χ2n) is 8.17. The van der Waals surface area contributed by atoms with Gasteiger partial charge in [0.1, 0.15) is 0 Å². The number of unbranched alkanes of at least 4 members (excludes halogenated alkanes) is 13. The van der Waals surface area contributed by atoms with Crippen molar-refractivity contribution < 1.29 is 4.79 Å². The lowest BCUT2D eigenvalue weighted by molar-refractivity contribution is 0.0952. The molecule has 0 aromatic heterocycles. The number of carbonyl (C=O) groups is 1. The third-order valence-corrected chi connectivity index (χ3v) is 5.44. The molecule has 2 nitrogen and oxygen atoms in total. The molecular weight excluding hydrogens is 330 g/mol. The van der Waals surface area contributed by atoms with E-state index in [1.54, 1.807) is 0 Å². The van der Waals surface area contributed by atoms with E-state index >= 15 is 0 Å². The van der Waals surface area contributed by atoms with E-state index in [9.17, 15) is 4.79 Å². The molecule has 0 aliphatic rings. The number of amides is 1. The zero-order chi connectivity index (χ0) is 19.7. The topological polar surface area (TPSA) is 29.1 Å². The third kappa shape index (κ3) is 11.9. The summed E-state index contributed by atoms with van der Waals surface area (Å²) in [6.45, 7) is 7.14. The van der Waals surface area contributed by atoms with Gasteiger partial charge in [-0.05, 0) is 31.9 Å². The summed E-state index contributed by atoms with van der Waals surface area (Å²) in [5.74, 6) is 0.0715. The van der Waals surface area contributed by atoms with Crippen LogP contribution in [0.15, 0.2) is 18.2 Å². The van der Waals surface area contributed by atoms with E-state index in [-0.39, 0.29) is 5.91 Å². The molecule has 0 bridgehead atoms. The fourth-order valence-electron chi connectivity index (χ4n) is 3.69. The Hall–Kier alpha value is -1.31. The predicted octanol–water partition coefficient (Wildman–Crippen LogP) is 7.51. The average Bonchev–Trinajstić information content (AvgIpc) is 2.64. The largest absolute Gasteiger partial charge is 0.352 e. The summed E-state index contributed by atoms with van der Waals surface area (Å²) >= 11 is 0. The van der Waals surface area contributed by atoms with Crippen molar-refractivity contribution in [1.29, 1.82) is 0 Å². The van der Waals surface area contributed by atoms with Crippen molar-refractivity contribution in [2.75, 3.05) is 6.54 Å². The van der Waals surface area contributed by atoms with E-state index in [0.29, 0.717) is 0 Å². The van der Waals surface area contributed by atoms with Crippen LogP contribution in [0.2, 0.25) is 0 Å². The molecule has 154 valence electrons. The highest BCUT2D eigenvalue weighted by atomic mass is 16.1. The maximum absolute atomic E-state index is 12.2. The summed E-state index contributed by atoms with van der Waals surface area (Å²) in [5, 5.41) is 3.06. The Morgan fingerprint density at radius 3 is 1.70 bits per heavy atom. The maximum atomic E-state index is 12.2. The molecule has 0 heterocycles. The second-order valence-corrected chi connectivity index (χ2v) is 8.17. The third-order valence-electron chi connectivity index (χ3n) is 5.44. The van der Waals surface area contributed by atoms with Gasteiger partial charge in [0.2, 0.25) is 0 Å². The number of benzene rings is 1. The van der Waals surface area contributed by atoms with Crippen LogP contribution in [0.4, 0.5) is 0 Å². The normalized spacial score (nSPS) is 10.9. The first-order chi connectivity index (χ1) is 13.1. The lowest BCUT2D eigenvalue weighted by Crippen LogP contribution is -2.25. The summed E-state index contributed by atoms with van der Waals surface area (Å²) in [4.78, 5) is 12.2. The molecule has 2 heteroatoms. The van der Waals surface area contributed by atoms with Crippen molar-refractivity contribution in [3.63, 3.8) is 0 Å². The van der Waals surface area contributed by atoms with Gasteiger partial charge in [0.15, 0.2) is 0 Å². The van der Waals surface area contributed by atoms with Crippen LogP contribution in [0.5, 0.6) is 0 Å². The van der Waals surface area contributed by atoms with Crippen LogP contribution in [0.1, 0.15) is 118 Å². The van der Waals surface area contributed by atoms with Gasteiger partial charge in [-0.15, -0.1) is 0 Å². The molecule has 0 atom stereocenters. The number of hydrogen-bond acceptors (Lipinski definition) is 1. The molecule has 1 aromatic carbocycles.